The first-order valence-corrected chi connectivity index (χ1v) is 6.62. The zero-order chi connectivity index (χ0) is 12.2. The van der Waals surface area contributed by atoms with Gasteiger partial charge in [0.2, 0.25) is 0 Å². The van der Waals surface area contributed by atoms with Crippen LogP contribution in [-0.4, -0.2) is 56.1 Å². The Morgan fingerprint density at radius 1 is 1.31 bits per heavy atom. The summed E-state index contributed by atoms with van der Waals surface area (Å²) in [6.07, 6.45) is 3.98. The molecule has 0 spiro atoms. The van der Waals surface area contributed by atoms with Crippen molar-refractivity contribution in [1.82, 2.24) is 9.80 Å². The first-order chi connectivity index (χ1) is 7.53. The van der Waals surface area contributed by atoms with Gasteiger partial charge in [-0.1, -0.05) is 6.92 Å². The van der Waals surface area contributed by atoms with Crippen molar-refractivity contribution in [3.63, 3.8) is 0 Å². The molecule has 1 fully saturated rings. The Morgan fingerprint density at radius 3 is 2.31 bits per heavy atom. The van der Waals surface area contributed by atoms with Gasteiger partial charge in [0.1, 0.15) is 0 Å². The first-order valence-electron chi connectivity index (χ1n) is 6.62. The Balaban J connectivity index is 2.42. The molecule has 1 aliphatic rings. The van der Waals surface area contributed by atoms with Crippen molar-refractivity contribution < 1.29 is 0 Å². The van der Waals surface area contributed by atoms with Crippen LogP contribution in [0.15, 0.2) is 0 Å². The fraction of sp³-hybridized carbons (Fsp3) is 1.00. The van der Waals surface area contributed by atoms with E-state index in [1.54, 1.807) is 0 Å². The van der Waals surface area contributed by atoms with Crippen LogP contribution >= 0.6 is 0 Å². The maximum absolute atomic E-state index is 5.70. The molecule has 0 aromatic carbocycles. The second-order valence-corrected chi connectivity index (χ2v) is 5.71. The van der Waals surface area contributed by atoms with E-state index in [9.17, 15) is 0 Å². The van der Waals surface area contributed by atoms with Crippen LogP contribution in [0.1, 0.15) is 33.1 Å². The molecule has 3 nitrogen and oxygen atoms in total. The quantitative estimate of drug-likeness (QED) is 0.680. The molecule has 1 rings (SSSR count). The van der Waals surface area contributed by atoms with Crippen LogP contribution in [0.3, 0.4) is 0 Å². The van der Waals surface area contributed by atoms with Crippen LogP contribution in [0, 0.1) is 5.41 Å². The normalized spacial score (nSPS) is 20.4. The molecule has 1 unspecified atom stereocenters. The summed E-state index contributed by atoms with van der Waals surface area (Å²) in [5.41, 5.74) is 6.28. The summed E-state index contributed by atoms with van der Waals surface area (Å²) in [5, 5.41) is 0. The molecule has 3 heteroatoms. The summed E-state index contributed by atoms with van der Waals surface area (Å²) in [7, 11) is 4.30. The average Bonchev–Trinajstić information content (AvgIpc) is 2.94. The lowest BCUT2D eigenvalue weighted by atomic mass is 10.0. The molecule has 0 saturated heterocycles. The fourth-order valence-corrected chi connectivity index (χ4v) is 2.62. The highest BCUT2D eigenvalue weighted by atomic mass is 15.2. The third-order valence-corrected chi connectivity index (χ3v) is 3.83. The minimum Gasteiger partial charge on any atom is -0.330 e. The van der Waals surface area contributed by atoms with E-state index in [0.717, 1.165) is 19.6 Å². The van der Waals surface area contributed by atoms with Crippen LogP contribution < -0.4 is 5.73 Å². The Kier molecular flexibility index (Phi) is 5.22. The maximum Gasteiger partial charge on any atom is 0.0194 e. The molecule has 96 valence electrons. The van der Waals surface area contributed by atoms with Gasteiger partial charge < -0.3 is 10.6 Å². The zero-order valence-corrected chi connectivity index (χ0v) is 11.5. The molecule has 0 aromatic rings. The summed E-state index contributed by atoms with van der Waals surface area (Å²) < 4.78 is 0. The van der Waals surface area contributed by atoms with Crippen LogP contribution in [0.2, 0.25) is 0 Å². The third-order valence-electron chi connectivity index (χ3n) is 3.83. The summed E-state index contributed by atoms with van der Waals surface area (Å²) in [5.74, 6) is 0. The van der Waals surface area contributed by atoms with E-state index in [4.69, 9.17) is 5.73 Å². The van der Waals surface area contributed by atoms with Gasteiger partial charge in [0, 0.05) is 19.1 Å². The molecule has 1 aliphatic carbocycles. The molecule has 2 N–H and O–H groups in total. The van der Waals surface area contributed by atoms with Crippen LogP contribution in [0.25, 0.3) is 0 Å². The number of nitrogens with zero attached hydrogens (tertiary/aromatic N) is 2. The summed E-state index contributed by atoms with van der Waals surface area (Å²) in [4.78, 5) is 4.89. The van der Waals surface area contributed by atoms with Crippen LogP contribution in [0.4, 0.5) is 0 Å². The number of rotatable bonds is 8. The van der Waals surface area contributed by atoms with Crippen LogP contribution in [-0.2, 0) is 0 Å². The van der Waals surface area contributed by atoms with Crippen molar-refractivity contribution in [1.29, 1.82) is 0 Å². The highest BCUT2D eigenvalue weighted by molar-refractivity contribution is 4.96. The molecular formula is C13H29N3. The number of hydrogen-bond donors (Lipinski definition) is 1. The van der Waals surface area contributed by atoms with Crippen LogP contribution in [0.5, 0.6) is 0 Å². The first kappa shape index (κ1) is 13.9. The average molecular weight is 227 g/mol. The Bertz CT molecular complexity index is 199. The zero-order valence-electron chi connectivity index (χ0n) is 11.5. The van der Waals surface area contributed by atoms with Gasteiger partial charge >= 0.3 is 0 Å². The molecule has 0 radical (unpaired) electrons. The molecule has 1 atom stereocenters. The molecular weight excluding hydrogens is 198 g/mol. The molecule has 0 aromatic heterocycles. The minimum atomic E-state index is 0.575. The molecule has 16 heavy (non-hydrogen) atoms. The van der Waals surface area contributed by atoms with Crippen molar-refractivity contribution in [2.75, 3.05) is 40.3 Å². The largest absolute Gasteiger partial charge is 0.330 e. The van der Waals surface area contributed by atoms with E-state index in [1.807, 2.05) is 0 Å². The van der Waals surface area contributed by atoms with E-state index < -0.39 is 0 Å². The lowest BCUT2D eigenvalue weighted by molar-refractivity contribution is 0.147. The predicted octanol–water partition coefficient (Wildman–Crippen LogP) is 1.39. The monoisotopic (exact) mass is 227 g/mol. The van der Waals surface area contributed by atoms with Gasteiger partial charge in [-0.3, -0.25) is 4.90 Å². The summed E-state index contributed by atoms with van der Waals surface area (Å²) in [6, 6.07) is 0.648. The van der Waals surface area contributed by atoms with E-state index in [-0.39, 0.29) is 0 Å². The second kappa shape index (κ2) is 5.99. The standard InChI is InChI=1S/C13H29N3/c1-5-16(12(2)10-15(3)4)11-13(6-7-13)8-9-14/h12H,5-11,14H2,1-4H3. The van der Waals surface area contributed by atoms with Gasteiger partial charge in [-0.25, -0.2) is 0 Å². The van der Waals surface area contributed by atoms with Crippen molar-refractivity contribution in [2.24, 2.45) is 11.1 Å². The third kappa shape index (κ3) is 4.04. The van der Waals surface area contributed by atoms with E-state index in [2.05, 4.69) is 37.7 Å². The van der Waals surface area contributed by atoms with E-state index in [0.29, 0.717) is 11.5 Å². The molecule has 0 amide bonds. The lowest BCUT2D eigenvalue weighted by Crippen LogP contribution is -2.43. The Morgan fingerprint density at radius 2 is 1.94 bits per heavy atom. The maximum atomic E-state index is 5.70. The molecule has 0 bridgehead atoms. The van der Waals surface area contributed by atoms with Gasteiger partial charge in [0.15, 0.2) is 0 Å². The number of nitrogens with two attached hydrogens (primary N) is 1. The van der Waals surface area contributed by atoms with Gasteiger partial charge in [0.25, 0.3) is 0 Å². The second-order valence-electron chi connectivity index (χ2n) is 5.71. The molecule has 1 saturated carbocycles. The molecule has 0 heterocycles. The topological polar surface area (TPSA) is 32.5 Å². The predicted molar refractivity (Wildman–Crippen MR) is 70.6 cm³/mol. The minimum absolute atomic E-state index is 0.575. The number of hydrogen-bond acceptors (Lipinski definition) is 3. The van der Waals surface area contributed by atoms with Crippen molar-refractivity contribution >= 4 is 0 Å². The lowest BCUT2D eigenvalue weighted by Gasteiger charge is -2.33. The van der Waals surface area contributed by atoms with Crippen molar-refractivity contribution in [3.05, 3.63) is 0 Å². The van der Waals surface area contributed by atoms with E-state index >= 15 is 0 Å². The van der Waals surface area contributed by atoms with E-state index in [1.165, 1.54) is 25.8 Å². The highest BCUT2D eigenvalue weighted by Crippen LogP contribution is 2.49. The SMILES string of the molecule is CCN(CC1(CCN)CC1)C(C)CN(C)C. The summed E-state index contributed by atoms with van der Waals surface area (Å²) in [6.45, 7) is 9.00. The highest BCUT2D eigenvalue weighted by Gasteiger charge is 2.43. The van der Waals surface area contributed by atoms with Crippen molar-refractivity contribution in [2.45, 2.75) is 39.2 Å². The Hall–Kier alpha value is -0.120. The Labute approximate surface area is 101 Å². The fourth-order valence-electron chi connectivity index (χ4n) is 2.62. The smallest absolute Gasteiger partial charge is 0.0194 e. The van der Waals surface area contributed by atoms with Gasteiger partial charge in [-0.05, 0) is 58.8 Å². The van der Waals surface area contributed by atoms with Gasteiger partial charge in [0.05, 0.1) is 0 Å². The van der Waals surface area contributed by atoms with Gasteiger partial charge in [-0.2, -0.15) is 0 Å². The molecule has 0 aliphatic heterocycles. The number of likely N-dealkylation sites (N-methyl/N-ethyl adjacent to an activating group) is 2. The van der Waals surface area contributed by atoms with Gasteiger partial charge in [-0.15, -0.1) is 0 Å². The summed E-state index contributed by atoms with van der Waals surface area (Å²) >= 11 is 0. The van der Waals surface area contributed by atoms with Crippen molar-refractivity contribution in [3.8, 4) is 0 Å².